The number of hydrogen-bond acceptors (Lipinski definition) is 4. The number of nitrogens with zero attached hydrogens (tertiary/aromatic N) is 2. The van der Waals surface area contributed by atoms with E-state index in [-0.39, 0.29) is 42.7 Å². The monoisotopic (exact) mass is 444 g/mol. The number of hydrogen-bond donors (Lipinski definition) is 0. The van der Waals surface area contributed by atoms with Crippen LogP contribution < -0.4 is 4.74 Å². The van der Waals surface area contributed by atoms with Gasteiger partial charge >= 0.3 is 0 Å². The summed E-state index contributed by atoms with van der Waals surface area (Å²) < 4.78 is 19.9. The van der Waals surface area contributed by atoms with Gasteiger partial charge in [0.25, 0.3) is 0 Å². The highest BCUT2D eigenvalue weighted by Crippen LogP contribution is 2.35. The molecule has 1 aliphatic heterocycles. The van der Waals surface area contributed by atoms with E-state index in [1.54, 1.807) is 34.4 Å². The smallest absolute Gasteiger partial charge is 0.242 e. The van der Waals surface area contributed by atoms with Gasteiger partial charge in [-0.05, 0) is 54.3 Å². The van der Waals surface area contributed by atoms with E-state index in [0.29, 0.717) is 19.0 Å². The van der Waals surface area contributed by atoms with E-state index in [9.17, 15) is 14.0 Å². The summed E-state index contributed by atoms with van der Waals surface area (Å²) in [5.74, 6) is 0.155. The van der Waals surface area contributed by atoms with E-state index in [1.807, 2.05) is 16.3 Å². The molecule has 0 radical (unpaired) electrons. The first-order valence-electron chi connectivity index (χ1n) is 11.0. The lowest BCUT2D eigenvalue weighted by Gasteiger charge is -2.37. The first kappa shape index (κ1) is 21.8. The molecule has 1 fully saturated rings. The number of rotatable bonds is 8. The second kappa shape index (κ2) is 9.39. The summed E-state index contributed by atoms with van der Waals surface area (Å²) >= 11 is 1.67. The van der Waals surface area contributed by atoms with E-state index >= 15 is 0 Å². The molecule has 7 heteroatoms. The highest BCUT2D eigenvalue weighted by molar-refractivity contribution is 7.10. The molecule has 0 spiro atoms. The van der Waals surface area contributed by atoms with Gasteiger partial charge in [-0.1, -0.05) is 26.0 Å². The largest absolute Gasteiger partial charge is 0.488 e. The van der Waals surface area contributed by atoms with E-state index < -0.39 is 5.82 Å². The van der Waals surface area contributed by atoms with Gasteiger partial charge in [-0.3, -0.25) is 9.59 Å². The third kappa shape index (κ3) is 5.09. The van der Waals surface area contributed by atoms with Crippen LogP contribution in [0.5, 0.6) is 5.75 Å². The van der Waals surface area contributed by atoms with Crippen LogP contribution in [0.25, 0.3) is 0 Å². The summed E-state index contributed by atoms with van der Waals surface area (Å²) in [5, 5.41) is 2.02. The lowest BCUT2D eigenvalue weighted by molar-refractivity contribution is -0.143. The zero-order valence-corrected chi connectivity index (χ0v) is 18.9. The Hall–Kier alpha value is -2.41. The summed E-state index contributed by atoms with van der Waals surface area (Å²) in [5.41, 5.74) is 1.06. The number of thiophene rings is 1. The average Bonchev–Trinajstić information content (AvgIpc) is 3.48. The molecule has 2 amide bonds. The molecule has 0 saturated heterocycles. The third-order valence-corrected chi connectivity index (χ3v) is 6.79. The summed E-state index contributed by atoms with van der Waals surface area (Å²) in [6, 6.07) is 8.04. The van der Waals surface area contributed by atoms with Crippen molar-refractivity contribution in [3.05, 3.63) is 52.0 Å². The Morgan fingerprint density at radius 3 is 2.74 bits per heavy atom. The molecular formula is C24H29FN2O3S. The average molecular weight is 445 g/mol. The Balaban J connectivity index is 1.51. The number of carbonyl (C=O) groups excluding carboxylic acids is 2. The lowest BCUT2D eigenvalue weighted by atomic mass is 10.00. The van der Waals surface area contributed by atoms with Gasteiger partial charge in [-0.15, -0.1) is 11.3 Å². The minimum Gasteiger partial charge on any atom is -0.488 e. The van der Waals surface area contributed by atoms with E-state index in [4.69, 9.17) is 4.74 Å². The highest BCUT2D eigenvalue weighted by Gasteiger charge is 2.37. The molecule has 2 aromatic rings. The van der Waals surface area contributed by atoms with Crippen molar-refractivity contribution in [3.63, 3.8) is 0 Å². The molecule has 1 aromatic carbocycles. The molecule has 2 aliphatic rings. The summed E-state index contributed by atoms with van der Waals surface area (Å²) in [6.07, 6.45) is 2.63. The number of para-hydroxylation sites is 1. The molecule has 1 saturated carbocycles. The number of ether oxygens (including phenoxy) is 1. The Kier molecular flexibility index (Phi) is 6.60. The zero-order valence-electron chi connectivity index (χ0n) is 18.1. The van der Waals surface area contributed by atoms with Gasteiger partial charge in [0.2, 0.25) is 11.8 Å². The Labute approximate surface area is 186 Å². The SMILES string of the molecule is CC(C)CN(CC(=O)N1CCc2sccc2[C@@H]1COc1ccccc1F)C(=O)C1CC1. The Morgan fingerprint density at radius 2 is 2.03 bits per heavy atom. The molecule has 1 aromatic heterocycles. The number of carbonyl (C=O) groups is 2. The fourth-order valence-electron chi connectivity index (χ4n) is 4.12. The zero-order chi connectivity index (χ0) is 22.0. The van der Waals surface area contributed by atoms with Crippen molar-refractivity contribution in [1.82, 2.24) is 9.80 Å². The van der Waals surface area contributed by atoms with E-state index in [0.717, 1.165) is 24.8 Å². The van der Waals surface area contributed by atoms with Crippen molar-refractivity contribution >= 4 is 23.2 Å². The molecule has 0 unspecified atom stereocenters. The molecule has 1 atom stereocenters. The van der Waals surface area contributed by atoms with Crippen LogP contribution in [0.4, 0.5) is 4.39 Å². The molecule has 4 rings (SSSR count). The van der Waals surface area contributed by atoms with Crippen molar-refractivity contribution in [2.75, 3.05) is 26.2 Å². The molecule has 31 heavy (non-hydrogen) atoms. The topological polar surface area (TPSA) is 49.9 Å². The van der Waals surface area contributed by atoms with Crippen LogP contribution >= 0.6 is 11.3 Å². The van der Waals surface area contributed by atoms with Crippen molar-refractivity contribution in [1.29, 1.82) is 0 Å². The van der Waals surface area contributed by atoms with E-state index in [2.05, 4.69) is 13.8 Å². The van der Waals surface area contributed by atoms with Crippen LogP contribution in [0.2, 0.25) is 0 Å². The fourth-order valence-corrected chi connectivity index (χ4v) is 5.05. The molecule has 1 aliphatic carbocycles. The van der Waals surface area contributed by atoms with Gasteiger partial charge in [-0.2, -0.15) is 0 Å². The van der Waals surface area contributed by atoms with Gasteiger partial charge < -0.3 is 14.5 Å². The van der Waals surface area contributed by atoms with Crippen LogP contribution in [0.1, 0.15) is 43.2 Å². The van der Waals surface area contributed by atoms with Gasteiger partial charge in [-0.25, -0.2) is 4.39 Å². The van der Waals surface area contributed by atoms with Crippen LogP contribution in [0.3, 0.4) is 0 Å². The second-order valence-corrected chi connectivity index (χ2v) is 9.78. The first-order valence-corrected chi connectivity index (χ1v) is 11.8. The van der Waals surface area contributed by atoms with Crippen molar-refractivity contribution < 1.29 is 18.7 Å². The minimum atomic E-state index is -0.417. The molecule has 0 bridgehead atoms. The molecule has 2 heterocycles. The van der Waals surface area contributed by atoms with Gasteiger partial charge in [0.15, 0.2) is 11.6 Å². The maximum Gasteiger partial charge on any atom is 0.242 e. The number of benzene rings is 1. The van der Waals surface area contributed by atoms with Crippen molar-refractivity contribution in [3.8, 4) is 5.75 Å². The Bertz CT molecular complexity index is 940. The predicted octanol–water partition coefficient (Wildman–Crippen LogP) is 4.29. The number of fused-ring (bicyclic) bond motifs is 1. The minimum absolute atomic E-state index is 0.0753. The Morgan fingerprint density at radius 1 is 1.26 bits per heavy atom. The quantitative estimate of drug-likeness (QED) is 0.610. The van der Waals surface area contributed by atoms with Gasteiger partial charge in [0.1, 0.15) is 6.61 Å². The predicted molar refractivity (Wildman–Crippen MR) is 119 cm³/mol. The fraction of sp³-hybridized carbons (Fsp3) is 0.500. The molecule has 0 N–H and O–H groups in total. The second-order valence-electron chi connectivity index (χ2n) is 8.78. The van der Waals surface area contributed by atoms with Crippen LogP contribution in [0.15, 0.2) is 35.7 Å². The number of amides is 2. The highest BCUT2D eigenvalue weighted by atomic mass is 32.1. The molecular weight excluding hydrogens is 415 g/mol. The lowest BCUT2D eigenvalue weighted by Crippen LogP contribution is -2.48. The van der Waals surface area contributed by atoms with Gasteiger partial charge in [0, 0.05) is 23.9 Å². The van der Waals surface area contributed by atoms with Crippen molar-refractivity contribution in [2.24, 2.45) is 11.8 Å². The molecule has 5 nitrogen and oxygen atoms in total. The van der Waals surface area contributed by atoms with Crippen molar-refractivity contribution in [2.45, 2.75) is 39.2 Å². The summed E-state index contributed by atoms with van der Waals surface area (Å²) in [7, 11) is 0. The normalized spacial score (nSPS) is 18.1. The summed E-state index contributed by atoms with van der Waals surface area (Å²) in [6.45, 7) is 5.53. The summed E-state index contributed by atoms with van der Waals surface area (Å²) in [4.78, 5) is 30.9. The maximum atomic E-state index is 14.1. The van der Waals surface area contributed by atoms with Crippen LogP contribution in [0, 0.1) is 17.7 Å². The number of halogens is 1. The van der Waals surface area contributed by atoms with Gasteiger partial charge in [0.05, 0.1) is 12.6 Å². The maximum absolute atomic E-state index is 14.1. The molecule has 166 valence electrons. The standard InChI is InChI=1S/C24H29FN2O3S/c1-16(2)13-26(24(29)17-7-8-17)14-23(28)27-11-9-22-18(10-12-31-22)20(27)15-30-21-6-4-3-5-19(21)25/h3-6,10,12,16-17,20H,7-9,11,13-15H2,1-2H3/t20-/m0/s1. The van der Waals surface area contributed by atoms with E-state index in [1.165, 1.54) is 10.9 Å². The third-order valence-electron chi connectivity index (χ3n) is 5.80. The van der Waals surface area contributed by atoms with Crippen LogP contribution in [-0.2, 0) is 16.0 Å². The first-order chi connectivity index (χ1) is 14.9. The van der Waals surface area contributed by atoms with Crippen LogP contribution in [-0.4, -0.2) is 47.9 Å².